The summed E-state index contributed by atoms with van der Waals surface area (Å²) in [5, 5.41) is 2.28. The summed E-state index contributed by atoms with van der Waals surface area (Å²) in [5.41, 5.74) is 9.49. The molecule has 1 rings (SSSR count). The minimum atomic E-state index is 0.162. The molecule has 2 N–H and O–H groups in total. The number of hydrogen-bond acceptors (Lipinski definition) is 2. The van der Waals surface area contributed by atoms with Crippen molar-refractivity contribution in [2.45, 2.75) is 65.7 Å². The molecule has 1 aromatic rings. The number of rotatable bonds is 6. The van der Waals surface area contributed by atoms with Gasteiger partial charge in [0.05, 0.1) is 5.37 Å². The van der Waals surface area contributed by atoms with E-state index in [1.54, 1.807) is 11.8 Å². The van der Waals surface area contributed by atoms with E-state index in [1.165, 1.54) is 42.4 Å². The Hall–Kier alpha value is -0.730. The van der Waals surface area contributed by atoms with Gasteiger partial charge >= 0.3 is 0 Å². The second-order valence-electron chi connectivity index (χ2n) is 5.22. The lowest BCUT2D eigenvalue weighted by atomic mass is 10.1. The summed E-state index contributed by atoms with van der Waals surface area (Å²) in [6.07, 6.45) is 5.54. The normalized spacial score (nSPS) is 12.6. The summed E-state index contributed by atoms with van der Waals surface area (Å²) in [7, 11) is 0. The van der Waals surface area contributed by atoms with Crippen molar-refractivity contribution in [1.29, 1.82) is 0 Å². The lowest BCUT2D eigenvalue weighted by Crippen LogP contribution is -2.07. The van der Waals surface area contributed by atoms with Gasteiger partial charge in [-0.05, 0) is 37.3 Å². The van der Waals surface area contributed by atoms with Crippen LogP contribution in [0.15, 0.2) is 29.7 Å². The summed E-state index contributed by atoms with van der Waals surface area (Å²) in [6.45, 7) is 10.7. The SMILES string of the molecule is C/C(=C\SC(C)N)c1ccc(C)cc1.CCCCCC. The molecule has 0 aromatic heterocycles. The van der Waals surface area contributed by atoms with E-state index in [0.717, 1.165) is 0 Å². The van der Waals surface area contributed by atoms with Crippen molar-refractivity contribution in [3.63, 3.8) is 0 Å². The van der Waals surface area contributed by atoms with Crippen LogP contribution in [0.5, 0.6) is 0 Å². The topological polar surface area (TPSA) is 26.0 Å². The van der Waals surface area contributed by atoms with Crippen LogP contribution in [0.3, 0.4) is 0 Å². The minimum absolute atomic E-state index is 0.162. The quantitative estimate of drug-likeness (QED) is 0.515. The van der Waals surface area contributed by atoms with Crippen molar-refractivity contribution in [3.05, 3.63) is 40.8 Å². The maximum absolute atomic E-state index is 5.66. The zero-order valence-electron chi connectivity index (χ0n) is 13.8. The number of aryl methyl sites for hydroxylation is 1. The number of allylic oxidation sites excluding steroid dienone is 1. The molecule has 1 aromatic carbocycles. The Labute approximate surface area is 130 Å². The summed E-state index contributed by atoms with van der Waals surface area (Å²) in [4.78, 5) is 0. The van der Waals surface area contributed by atoms with E-state index in [1.807, 2.05) is 6.92 Å². The Morgan fingerprint density at radius 1 is 1.15 bits per heavy atom. The highest BCUT2D eigenvalue weighted by atomic mass is 32.2. The first-order chi connectivity index (χ1) is 9.51. The molecule has 0 saturated heterocycles. The molecule has 0 aliphatic carbocycles. The number of unbranched alkanes of at least 4 members (excludes halogenated alkanes) is 3. The summed E-state index contributed by atoms with van der Waals surface area (Å²) in [6, 6.07) is 8.54. The van der Waals surface area contributed by atoms with Gasteiger partial charge in [0, 0.05) is 0 Å². The van der Waals surface area contributed by atoms with Crippen LogP contribution in [-0.2, 0) is 0 Å². The van der Waals surface area contributed by atoms with Gasteiger partial charge in [0.15, 0.2) is 0 Å². The Kier molecular flexibility index (Phi) is 11.6. The van der Waals surface area contributed by atoms with Gasteiger partial charge in [0.1, 0.15) is 0 Å². The van der Waals surface area contributed by atoms with Gasteiger partial charge in [-0.3, -0.25) is 0 Å². The lowest BCUT2D eigenvalue weighted by Gasteiger charge is -2.04. The molecular formula is C18H31NS. The van der Waals surface area contributed by atoms with Crippen molar-refractivity contribution < 1.29 is 0 Å². The minimum Gasteiger partial charge on any atom is -0.319 e. The molecule has 0 fully saturated rings. The van der Waals surface area contributed by atoms with E-state index in [0.29, 0.717) is 0 Å². The smallest absolute Gasteiger partial charge is 0.0519 e. The first-order valence-corrected chi connectivity index (χ1v) is 8.60. The second-order valence-corrected chi connectivity index (χ2v) is 6.47. The molecule has 20 heavy (non-hydrogen) atoms. The summed E-state index contributed by atoms with van der Waals surface area (Å²) < 4.78 is 0. The van der Waals surface area contributed by atoms with Crippen molar-refractivity contribution in [2.24, 2.45) is 5.73 Å². The van der Waals surface area contributed by atoms with Gasteiger partial charge in [-0.15, -0.1) is 11.8 Å². The van der Waals surface area contributed by atoms with E-state index in [-0.39, 0.29) is 5.37 Å². The molecule has 0 radical (unpaired) electrons. The molecule has 1 atom stereocenters. The number of benzene rings is 1. The molecule has 0 heterocycles. The Morgan fingerprint density at radius 2 is 1.65 bits per heavy atom. The van der Waals surface area contributed by atoms with Gasteiger partial charge in [-0.25, -0.2) is 0 Å². The lowest BCUT2D eigenvalue weighted by molar-refractivity contribution is 0.702. The van der Waals surface area contributed by atoms with Crippen molar-refractivity contribution >= 4 is 17.3 Å². The molecule has 0 saturated carbocycles. The van der Waals surface area contributed by atoms with Gasteiger partial charge in [-0.1, -0.05) is 69.4 Å². The zero-order valence-corrected chi connectivity index (χ0v) is 14.6. The zero-order chi connectivity index (χ0) is 15.4. The van der Waals surface area contributed by atoms with Crippen LogP contribution in [0.1, 0.15) is 64.5 Å². The fraction of sp³-hybridized carbons (Fsp3) is 0.556. The molecule has 1 unspecified atom stereocenters. The molecular weight excluding hydrogens is 262 g/mol. The number of hydrogen-bond donors (Lipinski definition) is 1. The maximum atomic E-state index is 5.66. The summed E-state index contributed by atoms with van der Waals surface area (Å²) >= 11 is 1.65. The predicted octanol–water partition coefficient (Wildman–Crippen LogP) is 5.98. The molecule has 0 aliphatic rings. The van der Waals surface area contributed by atoms with Crippen LogP contribution in [0.25, 0.3) is 5.57 Å². The van der Waals surface area contributed by atoms with Crippen LogP contribution in [0, 0.1) is 6.92 Å². The Bertz CT molecular complexity index is 362. The van der Waals surface area contributed by atoms with Crippen LogP contribution in [-0.4, -0.2) is 5.37 Å². The van der Waals surface area contributed by atoms with Gasteiger partial charge in [0.2, 0.25) is 0 Å². The monoisotopic (exact) mass is 293 g/mol. The third kappa shape index (κ3) is 10.1. The van der Waals surface area contributed by atoms with Gasteiger partial charge in [-0.2, -0.15) is 0 Å². The Balaban J connectivity index is 0.000000511. The fourth-order valence-corrected chi connectivity index (χ4v) is 2.15. The molecule has 2 heteroatoms. The number of thioether (sulfide) groups is 1. The third-order valence-electron chi connectivity index (χ3n) is 2.92. The van der Waals surface area contributed by atoms with Gasteiger partial charge < -0.3 is 5.73 Å². The van der Waals surface area contributed by atoms with Crippen molar-refractivity contribution in [3.8, 4) is 0 Å². The molecule has 0 bridgehead atoms. The molecule has 0 spiro atoms. The largest absolute Gasteiger partial charge is 0.319 e. The first-order valence-electron chi connectivity index (χ1n) is 7.66. The standard InChI is InChI=1S/C12H17NS.C6H14/c1-9-4-6-12(7-5-9)10(2)8-14-11(3)13;1-3-5-6-4-2/h4-8,11H,13H2,1-3H3;3-6H2,1-2H3/b10-8+;. The molecule has 0 aliphatic heterocycles. The highest BCUT2D eigenvalue weighted by molar-refractivity contribution is 8.02. The average Bonchev–Trinajstić information content (AvgIpc) is 2.44. The Morgan fingerprint density at radius 3 is 2.05 bits per heavy atom. The maximum Gasteiger partial charge on any atom is 0.0519 e. The van der Waals surface area contributed by atoms with Crippen LogP contribution >= 0.6 is 11.8 Å². The van der Waals surface area contributed by atoms with Gasteiger partial charge in [0.25, 0.3) is 0 Å². The van der Waals surface area contributed by atoms with Crippen LogP contribution in [0.2, 0.25) is 0 Å². The first kappa shape index (κ1) is 19.3. The van der Waals surface area contributed by atoms with E-state index in [9.17, 15) is 0 Å². The average molecular weight is 294 g/mol. The van der Waals surface area contributed by atoms with E-state index >= 15 is 0 Å². The number of nitrogens with two attached hydrogens (primary N) is 1. The van der Waals surface area contributed by atoms with E-state index in [4.69, 9.17) is 5.73 Å². The molecule has 0 amide bonds. The highest BCUT2D eigenvalue weighted by Crippen LogP contribution is 2.19. The van der Waals surface area contributed by atoms with Crippen LogP contribution in [0.4, 0.5) is 0 Å². The predicted molar refractivity (Wildman–Crippen MR) is 95.9 cm³/mol. The second kappa shape index (κ2) is 12.0. The van der Waals surface area contributed by atoms with Crippen LogP contribution < -0.4 is 5.73 Å². The molecule has 114 valence electrons. The summed E-state index contributed by atoms with van der Waals surface area (Å²) in [5.74, 6) is 0. The molecule has 1 nitrogen and oxygen atoms in total. The van der Waals surface area contributed by atoms with Crippen molar-refractivity contribution in [1.82, 2.24) is 0 Å². The van der Waals surface area contributed by atoms with E-state index < -0.39 is 0 Å². The van der Waals surface area contributed by atoms with Crippen molar-refractivity contribution in [2.75, 3.05) is 0 Å². The van der Waals surface area contributed by atoms with E-state index in [2.05, 4.69) is 57.4 Å². The highest BCUT2D eigenvalue weighted by Gasteiger charge is 1.96. The fourth-order valence-electron chi connectivity index (χ4n) is 1.59. The third-order valence-corrected chi connectivity index (χ3v) is 3.84.